The maximum absolute atomic E-state index is 13.3. The van der Waals surface area contributed by atoms with Gasteiger partial charge >= 0.3 is 0 Å². The Kier molecular flexibility index (Phi) is 8.79. The van der Waals surface area contributed by atoms with E-state index in [0.29, 0.717) is 22.9 Å². The van der Waals surface area contributed by atoms with Crippen molar-refractivity contribution in [3.05, 3.63) is 112 Å². The molecule has 2 aromatic heterocycles. The lowest BCUT2D eigenvalue weighted by Gasteiger charge is -2.15. The van der Waals surface area contributed by atoms with Crippen LogP contribution in [0.5, 0.6) is 0 Å². The van der Waals surface area contributed by atoms with Crippen molar-refractivity contribution in [1.29, 1.82) is 0 Å². The molecule has 0 aliphatic carbocycles. The number of benzene rings is 2. The van der Waals surface area contributed by atoms with Crippen molar-refractivity contribution in [2.75, 3.05) is 0 Å². The summed E-state index contributed by atoms with van der Waals surface area (Å²) in [5.74, 6) is 0.312. The van der Waals surface area contributed by atoms with Gasteiger partial charge < -0.3 is 0 Å². The predicted molar refractivity (Wildman–Crippen MR) is 138 cm³/mol. The molecule has 35 heavy (non-hydrogen) atoms. The molecule has 0 saturated carbocycles. The normalized spacial score (nSPS) is 11.0. The van der Waals surface area contributed by atoms with Crippen LogP contribution in [0.3, 0.4) is 0 Å². The highest BCUT2D eigenvalue weighted by molar-refractivity contribution is 7.98. The van der Waals surface area contributed by atoms with E-state index in [4.69, 9.17) is 0 Å². The van der Waals surface area contributed by atoms with Gasteiger partial charge in [-0.15, -0.1) is 0 Å². The van der Waals surface area contributed by atoms with Gasteiger partial charge in [0, 0.05) is 42.0 Å². The molecular formula is C28H29FN4OS. The van der Waals surface area contributed by atoms with E-state index in [1.54, 1.807) is 24.5 Å². The first-order valence-corrected chi connectivity index (χ1v) is 12.9. The van der Waals surface area contributed by atoms with Crippen molar-refractivity contribution >= 4 is 11.8 Å². The van der Waals surface area contributed by atoms with Crippen LogP contribution < -0.4 is 5.56 Å². The second kappa shape index (κ2) is 12.4. The van der Waals surface area contributed by atoms with E-state index in [1.165, 1.54) is 61.5 Å². The van der Waals surface area contributed by atoms with Crippen LogP contribution in [0.1, 0.15) is 54.9 Å². The van der Waals surface area contributed by atoms with E-state index in [-0.39, 0.29) is 11.4 Å². The minimum absolute atomic E-state index is 0.265. The quantitative estimate of drug-likeness (QED) is 0.144. The van der Waals surface area contributed by atoms with E-state index < -0.39 is 0 Å². The van der Waals surface area contributed by atoms with Gasteiger partial charge in [0.25, 0.3) is 5.56 Å². The van der Waals surface area contributed by atoms with E-state index >= 15 is 0 Å². The van der Waals surface area contributed by atoms with Gasteiger partial charge in [0.15, 0.2) is 5.16 Å². The molecule has 0 fully saturated rings. The fourth-order valence-electron chi connectivity index (χ4n) is 3.84. The molecule has 0 aliphatic rings. The smallest absolute Gasteiger partial charge is 0.277 e. The third-order valence-electron chi connectivity index (χ3n) is 5.79. The topological polar surface area (TPSA) is 60.7 Å². The molecule has 0 N–H and O–H groups in total. The Morgan fingerprint density at radius 3 is 2.31 bits per heavy atom. The van der Waals surface area contributed by atoms with Crippen LogP contribution in [0.2, 0.25) is 0 Å². The first kappa shape index (κ1) is 24.8. The Hall–Kier alpha value is -3.32. The van der Waals surface area contributed by atoms with Crippen molar-refractivity contribution in [2.24, 2.45) is 0 Å². The Bertz CT molecular complexity index is 1280. The highest BCUT2D eigenvalue weighted by Crippen LogP contribution is 2.24. The third-order valence-corrected chi connectivity index (χ3v) is 6.81. The van der Waals surface area contributed by atoms with Gasteiger partial charge in [0.05, 0.1) is 0 Å². The Morgan fingerprint density at radius 2 is 1.60 bits per heavy atom. The third kappa shape index (κ3) is 7.09. The lowest BCUT2D eigenvalue weighted by Crippen LogP contribution is -2.19. The molecule has 180 valence electrons. The molecule has 2 heterocycles. The molecule has 0 saturated heterocycles. The summed E-state index contributed by atoms with van der Waals surface area (Å²) in [5.41, 5.74) is 4.38. The second-order valence-corrected chi connectivity index (χ2v) is 9.48. The van der Waals surface area contributed by atoms with Gasteiger partial charge in [-0.1, -0.05) is 62.2 Å². The van der Waals surface area contributed by atoms with E-state index in [1.807, 2.05) is 10.8 Å². The van der Waals surface area contributed by atoms with Gasteiger partial charge in [0.2, 0.25) is 0 Å². The minimum atomic E-state index is -0.266. The molecule has 4 aromatic rings. The molecule has 4 rings (SSSR count). The summed E-state index contributed by atoms with van der Waals surface area (Å²) in [4.78, 5) is 25.4. The summed E-state index contributed by atoms with van der Waals surface area (Å²) in [6.45, 7) is 2.22. The van der Waals surface area contributed by atoms with Gasteiger partial charge in [-0.25, -0.2) is 14.4 Å². The number of halogens is 1. The van der Waals surface area contributed by atoms with Crippen molar-refractivity contribution in [3.63, 3.8) is 0 Å². The number of thioether (sulfide) groups is 1. The Morgan fingerprint density at radius 1 is 0.886 bits per heavy atom. The van der Waals surface area contributed by atoms with Crippen LogP contribution in [0.15, 0.2) is 83.4 Å². The van der Waals surface area contributed by atoms with Gasteiger partial charge in [0.1, 0.15) is 12.1 Å². The summed E-state index contributed by atoms with van der Waals surface area (Å²) in [5, 5.41) is 0.600. The molecule has 0 amide bonds. The molecular weight excluding hydrogens is 459 g/mol. The first-order chi connectivity index (χ1) is 17.1. The highest BCUT2D eigenvalue weighted by atomic mass is 32.2. The lowest BCUT2D eigenvalue weighted by molar-refractivity contribution is 0.627. The average Bonchev–Trinajstić information content (AvgIpc) is 2.89. The van der Waals surface area contributed by atoms with Gasteiger partial charge in [-0.2, -0.15) is 4.98 Å². The zero-order chi connectivity index (χ0) is 24.5. The number of aromatic nitrogens is 4. The largest absolute Gasteiger partial charge is 0.296 e. The van der Waals surface area contributed by atoms with E-state index in [0.717, 1.165) is 23.2 Å². The van der Waals surface area contributed by atoms with Crippen molar-refractivity contribution in [3.8, 4) is 5.69 Å². The van der Waals surface area contributed by atoms with Crippen LogP contribution in [-0.4, -0.2) is 19.5 Å². The van der Waals surface area contributed by atoms with E-state index in [9.17, 15) is 9.18 Å². The number of aryl methyl sites for hydroxylation is 1. The summed E-state index contributed by atoms with van der Waals surface area (Å²) >= 11 is 1.46. The number of hydrogen-bond donors (Lipinski definition) is 0. The van der Waals surface area contributed by atoms with Crippen LogP contribution in [0, 0.1) is 5.82 Å². The number of rotatable bonds is 11. The van der Waals surface area contributed by atoms with Crippen LogP contribution >= 0.6 is 11.8 Å². The summed E-state index contributed by atoms with van der Waals surface area (Å²) in [6.07, 6.45) is 13.2. The van der Waals surface area contributed by atoms with Crippen molar-refractivity contribution in [1.82, 2.24) is 19.5 Å². The van der Waals surface area contributed by atoms with Crippen molar-refractivity contribution < 1.29 is 4.39 Å². The number of hydrogen-bond acceptors (Lipinski definition) is 5. The molecule has 0 unspecified atom stereocenters. The lowest BCUT2D eigenvalue weighted by atomic mass is 10.1. The Labute approximate surface area is 209 Å². The predicted octanol–water partition coefficient (Wildman–Crippen LogP) is 6.17. The monoisotopic (exact) mass is 488 g/mol. The molecule has 0 bridgehead atoms. The van der Waals surface area contributed by atoms with Gasteiger partial charge in [-0.3, -0.25) is 9.36 Å². The van der Waals surface area contributed by atoms with Gasteiger partial charge in [-0.05, 0) is 53.8 Å². The van der Waals surface area contributed by atoms with Crippen LogP contribution in [0.25, 0.3) is 5.69 Å². The SMILES string of the molecule is CCCCCCc1ccc(-n2cc(Cc3cncnc3)c(=O)nc2SCc2ccc(F)cc2)cc1. The number of nitrogens with zero attached hydrogens (tertiary/aromatic N) is 4. The summed E-state index contributed by atoms with van der Waals surface area (Å²) in [7, 11) is 0. The maximum atomic E-state index is 13.3. The molecule has 0 spiro atoms. The maximum Gasteiger partial charge on any atom is 0.277 e. The number of unbranched alkanes of at least 4 members (excludes halogenated alkanes) is 3. The van der Waals surface area contributed by atoms with Crippen LogP contribution in [-0.2, 0) is 18.6 Å². The summed E-state index contributed by atoms with van der Waals surface area (Å²) in [6, 6.07) is 14.9. The fourth-order valence-corrected chi connectivity index (χ4v) is 4.77. The molecule has 2 aromatic carbocycles. The second-order valence-electron chi connectivity index (χ2n) is 8.54. The highest BCUT2D eigenvalue weighted by Gasteiger charge is 2.12. The Balaban J connectivity index is 1.61. The zero-order valence-electron chi connectivity index (χ0n) is 19.9. The molecule has 0 aliphatic heterocycles. The molecule has 0 radical (unpaired) electrons. The molecule has 0 atom stereocenters. The standard InChI is InChI=1S/C28H29FN4OS/c1-2-3-4-5-6-21-9-13-26(14-10-21)33-18-24(15-23-16-30-20-31-17-23)27(34)32-28(33)35-19-22-7-11-25(29)12-8-22/h7-14,16-18,20H,2-6,15,19H2,1H3. The molecule has 7 heteroatoms. The van der Waals surface area contributed by atoms with Crippen LogP contribution in [0.4, 0.5) is 4.39 Å². The average molecular weight is 489 g/mol. The minimum Gasteiger partial charge on any atom is -0.296 e. The summed E-state index contributed by atoms with van der Waals surface area (Å²) < 4.78 is 15.3. The molecule has 5 nitrogen and oxygen atoms in total. The van der Waals surface area contributed by atoms with Crippen molar-refractivity contribution in [2.45, 2.75) is 56.4 Å². The zero-order valence-corrected chi connectivity index (χ0v) is 20.7. The fraction of sp³-hybridized carbons (Fsp3) is 0.286. The first-order valence-electron chi connectivity index (χ1n) is 12.0. The van der Waals surface area contributed by atoms with E-state index in [2.05, 4.69) is 46.1 Å².